The summed E-state index contributed by atoms with van der Waals surface area (Å²) in [5, 5.41) is 2.08. The molecule has 1 heterocycles. The minimum atomic E-state index is 0.502. The molecule has 0 unspecified atom stereocenters. The van der Waals surface area contributed by atoms with Crippen molar-refractivity contribution in [2.24, 2.45) is 0 Å². The van der Waals surface area contributed by atoms with Gasteiger partial charge in [-0.3, -0.25) is 0 Å². The van der Waals surface area contributed by atoms with Gasteiger partial charge in [0.15, 0.2) is 0 Å². The van der Waals surface area contributed by atoms with Gasteiger partial charge >= 0.3 is 0 Å². The molecule has 0 N–H and O–H groups in total. The summed E-state index contributed by atoms with van der Waals surface area (Å²) in [5.74, 6) is 0.671. The maximum absolute atomic E-state index is 6.03. The van der Waals surface area contributed by atoms with E-state index >= 15 is 0 Å². The first-order valence-corrected chi connectivity index (χ1v) is 6.57. The predicted molar refractivity (Wildman–Crippen MR) is 72.1 cm³/mol. The van der Waals surface area contributed by atoms with E-state index in [-0.39, 0.29) is 0 Å². The van der Waals surface area contributed by atoms with Crippen molar-refractivity contribution >= 4 is 35.0 Å². The summed E-state index contributed by atoms with van der Waals surface area (Å²) in [5.41, 5.74) is 0.891. The fourth-order valence-electron chi connectivity index (χ4n) is 1.31. The molecule has 5 heteroatoms. The SMILES string of the molecule is Cc1nc(Cl)c(C)c(Sc2cccc(Cl)c2)n1. The van der Waals surface area contributed by atoms with Gasteiger partial charge in [-0.2, -0.15) is 0 Å². The smallest absolute Gasteiger partial charge is 0.136 e. The molecule has 0 bridgehead atoms. The molecule has 2 nitrogen and oxygen atoms in total. The number of benzene rings is 1. The Bertz CT molecular complexity index is 558. The van der Waals surface area contributed by atoms with Crippen LogP contribution in [0.5, 0.6) is 0 Å². The minimum absolute atomic E-state index is 0.502. The van der Waals surface area contributed by atoms with Gasteiger partial charge in [0, 0.05) is 15.5 Å². The van der Waals surface area contributed by atoms with E-state index < -0.39 is 0 Å². The van der Waals surface area contributed by atoms with E-state index in [0.717, 1.165) is 15.5 Å². The molecule has 0 aliphatic carbocycles. The van der Waals surface area contributed by atoms with Crippen molar-refractivity contribution in [3.63, 3.8) is 0 Å². The van der Waals surface area contributed by atoms with Crippen LogP contribution in [0.25, 0.3) is 0 Å². The Morgan fingerprint density at radius 1 is 1.12 bits per heavy atom. The van der Waals surface area contributed by atoms with E-state index in [1.54, 1.807) is 0 Å². The van der Waals surface area contributed by atoms with E-state index in [9.17, 15) is 0 Å². The third-order valence-electron chi connectivity index (χ3n) is 2.16. The summed E-state index contributed by atoms with van der Waals surface area (Å²) in [6.07, 6.45) is 0. The zero-order chi connectivity index (χ0) is 12.4. The summed E-state index contributed by atoms with van der Waals surface area (Å²) < 4.78 is 0. The minimum Gasteiger partial charge on any atom is -0.226 e. The van der Waals surface area contributed by atoms with E-state index in [2.05, 4.69) is 9.97 Å². The van der Waals surface area contributed by atoms with Crippen LogP contribution in [-0.4, -0.2) is 9.97 Å². The van der Waals surface area contributed by atoms with Gasteiger partial charge in [0.1, 0.15) is 16.0 Å². The fraction of sp³-hybridized carbons (Fsp3) is 0.167. The van der Waals surface area contributed by atoms with Crippen LogP contribution in [0.1, 0.15) is 11.4 Å². The molecule has 1 aromatic heterocycles. The lowest BCUT2D eigenvalue weighted by atomic mass is 10.4. The first-order valence-electron chi connectivity index (χ1n) is 5.00. The molecule has 0 aliphatic rings. The average molecular weight is 285 g/mol. The third kappa shape index (κ3) is 3.12. The molecule has 0 fully saturated rings. The number of hydrogen-bond acceptors (Lipinski definition) is 3. The lowest BCUT2D eigenvalue weighted by molar-refractivity contribution is 0.938. The van der Waals surface area contributed by atoms with Gasteiger partial charge in [0.25, 0.3) is 0 Å². The van der Waals surface area contributed by atoms with Gasteiger partial charge in [-0.1, -0.05) is 41.0 Å². The van der Waals surface area contributed by atoms with Crippen LogP contribution in [0.15, 0.2) is 34.2 Å². The van der Waals surface area contributed by atoms with Gasteiger partial charge in [-0.05, 0) is 32.0 Å². The van der Waals surface area contributed by atoms with Crippen LogP contribution in [0, 0.1) is 13.8 Å². The molecule has 17 heavy (non-hydrogen) atoms. The van der Waals surface area contributed by atoms with Crippen molar-refractivity contribution < 1.29 is 0 Å². The molecule has 0 amide bonds. The zero-order valence-corrected chi connectivity index (χ0v) is 11.7. The van der Waals surface area contributed by atoms with E-state index in [4.69, 9.17) is 23.2 Å². The number of rotatable bonds is 2. The molecule has 0 saturated carbocycles. The Hall–Kier alpha value is -0.770. The molecule has 1 aromatic carbocycles. The second-order valence-electron chi connectivity index (χ2n) is 3.55. The summed E-state index contributed by atoms with van der Waals surface area (Å²) in [7, 11) is 0. The quantitative estimate of drug-likeness (QED) is 0.757. The molecule has 0 aliphatic heterocycles. The van der Waals surface area contributed by atoms with Crippen LogP contribution < -0.4 is 0 Å². The standard InChI is InChI=1S/C12H10Cl2N2S/c1-7-11(14)15-8(2)16-12(7)17-10-5-3-4-9(13)6-10/h3-6H,1-2H3. The average Bonchev–Trinajstić information content (AvgIpc) is 2.25. The van der Waals surface area contributed by atoms with Gasteiger partial charge in [-0.15, -0.1) is 0 Å². The van der Waals surface area contributed by atoms with Crippen molar-refractivity contribution in [3.05, 3.63) is 45.8 Å². The number of halogens is 2. The van der Waals surface area contributed by atoms with Gasteiger partial charge in [0.05, 0.1) is 0 Å². The lowest BCUT2D eigenvalue weighted by Gasteiger charge is -2.07. The van der Waals surface area contributed by atoms with Gasteiger partial charge in [-0.25, -0.2) is 9.97 Å². The highest BCUT2D eigenvalue weighted by molar-refractivity contribution is 7.99. The molecule has 0 spiro atoms. The Balaban J connectivity index is 2.36. The number of aromatic nitrogens is 2. The zero-order valence-electron chi connectivity index (χ0n) is 9.37. The van der Waals surface area contributed by atoms with Crippen LogP contribution in [0.4, 0.5) is 0 Å². The molecular weight excluding hydrogens is 275 g/mol. The lowest BCUT2D eigenvalue weighted by Crippen LogP contribution is -1.94. The molecule has 88 valence electrons. The summed E-state index contributed by atoms with van der Waals surface area (Å²) in [6.45, 7) is 3.74. The maximum Gasteiger partial charge on any atom is 0.136 e. The Morgan fingerprint density at radius 2 is 1.88 bits per heavy atom. The van der Waals surface area contributed by atoms with E-state index in [0.29, 0.717) is 16.0 Å². The summed E-state index contributed by atoms with van der Waals surface area (Å²) >= 11 is 13.5. The molecule has 2 rings (SSSR count). The second-order valence-corrected chi connectivity index (χ2v) is 5.41. The fourth-order valence-corrected chi connectivity index (χ4v) is 2.82. The first kappa shape index (κ1) is 12.7. The highest BCUT2D eigenvalue weighted by Gasteiger charge is 2.09. The van der Waals surface area contributed by atoms with Crippen molar-refractivity contribution in [2.45, 2.75) is 23.8 Å². The van der Waals surface area contributed by atoms with Crippen LogP contribution in [0.2, 0.25) is 10.2 Å². The highest BCUT2D eigenvalue weighted by atomic mass is 35.5. The largest absolute Gasteiger partial charge is 0.226 e. The number of nitrogens with zero attached hydrogens (tertiary/aromatic N) is 2. The topological polar surface area (TPSA) is 25.8 Å². The molecule has 0 saturated heterocycles. The summed E-state index contributed by atoms with van der Waals surface area (Å²) in [6, 6.07) is 7.64. The number of aryl methyl sites for hydroxylation is 1. The van der Waals surface area contributed by atoms with Crippen molar-refractivity contribution in [1.82, 2.24) is 9.97 Å². The highest BCUT2D eigenvalue weighted by Crippen LogP contribution is 2.32. The molecule has 0 radical (unpaired) electrons. The van der Waals surface area contributed by atoms with Crippen LogP contribution in [-0.2, 0) is 0 Å². The van der Waals surface area contributed by atoms with E-state index in [1.165, 1.54) is 11.8 Å². The van der Waals surface area contributed by atoms with Gasteiger partial charge in [0.2, 0.25) is 0 Å². The monoisotopic (exact) mass is 284 g/mol. The van der Waals surface area contributed by atoms with E-state index in [1.807, 2.05) is 38.1 Å². The maximum atomic E-state index is 6.03. The Labute approximate surface area is 114 Å². The van der Waals surface area contributed by atoms with Crippen LogP contribution in [0.3, 0.4) is 0 Å². The van der Waals surface area contributed by atoms with Crippen LogP contribution >= 0.6 is 35.0 Å². The predicted octanol–water partition coefficient (Wildman–Crippen LogP) is 4.55. The molecular formula is C12H10Cl2N2S. The number of hydrogen-bond donors (Lipinski definition) is 0. The first-order chi connectivity index (χ1) is 8.06. The normalized spacial score (nSPS) is 10.6. The second kappa shape index (κ2) is 5.25. The third-order valence-corrected chi connectivity index (χ3v) is 3.85. The van der Waals surface area contributed by atoms with Crippen molar-refractivity contribution in [2.75, 3.05) is 0 Å². The van der Waals surface area contributed by atoms with Gasteiger partial charge < -0.3 is 0 Å². The molecule has 0 atom stereocenters. The van der Waals surface area contributed by atoms with Crippen molar-refractivity contribution in [1.29, 1.82) is 0 Å². The summed E-state index contributed by atoms with van der Waals surface area (Å²) in [4.78, 5) is 9.53. The Morgan fingerprint density at radius 3 is 2.59 bits per heavy atom. The van der Waals surface area contributed by atoms with Crippen molar-refractivity contribution in [3.8, 4) is 0 Å². The Kier molecular flexibility index (Phi) is 3.92. The molecule has 2 aromatic rings.